The van der Waals surface area contributed by atoms with Crippen molar-refractivity contribution in [3.05, 3.63) is 28.5 Å². The molecule has 1 saturated heterocycles. The van der Waals surface area contributed by atoms with E-state index in [2.05, 4.69) is 15.9 Å². The van der Waals surface area contributed by atoms with E-state index in [9.17, 15) is 17.6 Å². The van der Waals surface area contributed by atoms with Crippen LogP contribution in [0.25, 0.3) is 0 Å². The van der Waals surface area contributed by atoms with Crippen LogP contribution in [-0.4, -0.2) is 36.4 Å². The van der Waals surface area contributed by atoms with E-state index in [0.717, 1.165) is 22.5 Å². The Morgan fingerprint density at radius 3 is 2.74 bits per heavy atom. The van der Waals surface area contributed by atoms with Crippen LogP contribution in [-0.2, 0) is 14.8 Å². The van der Waals surface area contributed by atoms with Gasteiger partial charge in [-0.15, -0.1) is 0 Å². The van der Waals surface area contributed by atoms with Crippen LogP contribution in [0.5, 0.6) is 0 Å². The van der Waals surface area contributed by atoms with Crippen molar-refractivity contribution in [1.29, 1.82) is 0 Å². The largest absolute Gasteiger partial charge is 0.480 e. The zero-order valence-electron chi connectivity index (χ0n) is 9.71. The molecular formula is C11H11BrFNO4S. The zero-order valence-corrected chi connectivity index (χ0v) is 12.1. The maximum atomic E-state index is 13.0. The van der Waals surface area contributed by atoms with Gasteiger partial charge in [0.1, 0.15) is 11.9 Å². The number of hydrogen-bond donors (Lipinski definition) is 1. The van der Waals surface area contributed by atoms with Gasteiger partial charge in [0.15, 0.2) is 0 Å². The second-order valence-electron chi connectivity index (χ2n) is 4.19. The third-order valence-corrected chi connectivity index (χ3v) is 5.85. The molecule has 1 aromatic carbocycles. The monoisotopic (exact) mass is 351 g/mol. The molecule has 0 unspecified atom stereocenters. The highest BCUT2D eigenvalue weighted by molar-refractivity contribution is 9.10. The van der Waals surface area contributed by atoms with Gasteiger partial charge in [-0.3, -0.25) is 4.79 Å². The molecule has 1 fully saturated rings. The average Bonchev–Trinajstić information content (AvgIpc) is 2.77. The maximum absolute atomic E-state index is 13.0. The van der Waals surface area contributed by atoms with Crippen molar-refractivity contribution in [2.45, 2.75) is 23.8 Å². The Balaban J connectivity index is 2.45. The molecule has 1 aliphatic rings. The standard InChI is InChI=1S/C11H11BrFNO4S/c12-8-6-7(13)3-4-10(8)19(17,18)14-5-1-2-9(14)11(15)16/h3-4,6,9H,1-2,5H2,(H,15,16)/t9-/m1/s1. The minimum Gasteiger partial charge on any atom is -0.480 e. The molecule has 0 saturated carbocycles. The number of rotatable bonds is 3. The van der Waals surface area contributed by atoms with E-state index in [1.807, 2.05) is 0 Å². The summed E-state index contributed by atoms with van der Waals surface area (Å²) in [5, 5.41) is 9.03. The van der Waals surface area contributed by atoms with Crippen molar-refractivity contribution >= 4 is 31.9 Å². The van der Waals surface area contributed by atoms with Gasteiger partial charge >= 0.3 is 5.97 Å². The Hall–Kier alpha value is -0.990. The molecule has 0 spiro atoms. The third kappa shape index (κ3) is 2.65. The molecule has 0 radical (unpaired) electrons. The van der Waals surface area contributed by atoms with Crippen LogP contribution in [0.15, 0.2) is 27.6 Å². The fourth-order valence-electron chi connectivity index (χ4n) is 2.09. The summed E-state index contributed by atoms with van der Waals surface area (Å²) in [4.78, 5) is 10.9. The van der Waals surface area contributed by atoms with Crippen molar-refractivity contribution in [2.75, 3.05) is 6.54 Å². The smallest absolute Gasteiger partial charge is 0.322 e. The van der Waals surface area contributed by atoms with Gasteiger partial charge in [-0.1, -0.05) is 0 Å². The topological polar surface area (TPSA) is 74.7 Å². The quantitative estimate of drug-likeness (QED) is 0.901. The fraction of sp³-hybridized carbons (Fsp3) is 0.364. The predicted molar refractivity (Wildman–Crippen MR) is 68.6 cm³/mol. The number of halogens is 2. The van der Waals surface area contributed by atoms with Crippen LogP contribution >= 0.6 is 15.9 Å². The molecule has 5 nitrogen and oxygen atoms in total. The average molecular weight is 352 g/mol. The first kappa shape index (κ1) is 14.4. The molecule has 19 heavy (non-hydrogen) atoms. The van der Waals surface area contributed by atoms with Crippen molar-refractivity contribution in [3.8, 4) is 0 Å². The summed E-state index contributed by atoms with van der Waals surface area (Å²) >= 11 is 2.99. The minimum atomic E-state index is -3.94. The van der Waals surface area contributed by atoms with E-state index < -0.39 is 27.9 Å². The molecule has 0 aromatic heterocycles. The number of sulfonamides is 1. The first-order valence-corrected chi connectivity index (χ1v) is 7.77. The van der Waals surface area contributed by atoms with Gasteiger partial charge in [0.25, 0.3) is 0 Å². The molecule has 1 heterocycles. The number of carboxylic acids is 1. The second-order valence-corrected chi connectivity index (χ2v) is 6.90. The number of benzene rings is 1. The number of nitrogens with zero attached hydrogens (tertiary/aromatic N) is 1. The molecule has 1 N–H and O–H groups in total. The normalized spacial score (nSPS) is 20.6. The van der Waals surface area contributed by atoms with Crippen molar-refractivity contribution in [3.63, 3.8) is 0 Å². The van der Waals surface area contributed by atoms with Crippen LogP contribution < -0.4 is 0 Å². The van der Waals surface area contributed by atoms with E-state index in [4.69, 9.17) is 5.11 Å². The highest BCUT2D eigenvalue weighted by atomic mass is 79.9. The Morgan fingerprint density at radius 1 is 1.47 bits per heavy atom. The van der Waals surface area contributed by atoms with Gasteiger partial charge in [-0.25, -0.2) is 12.8 Å². The SMILES string of the molecule is O=C(O)[C@H]1CCCN1S(=O)(=O)c1ccc(F)cc1Br. The highest BCUT2D eigenvalue weighted by Crippen LogP contribution is 2.30. The van der Waals surface area contributed by atoms with Crippen molar-refractivity contribution < 1.29 is 22.7 Å². The molecule has 8 heteroatoms. The van der Waals surface area contributed by atoms with Gasteiger partial charge in [0.05, 0.1) is 4.90 Å². The van der Waals surface area contributed by atoms with Crippen LogP contribution in [0.4, 0.5) is 4.39 Å². The van der Waals surface area contributed by atoms with E-state index in [0.29, 0.717) is 6.42 Å². The number of carbonyl (C=O) groups is 1. The molecular weight excluding hydrogens is 341 g/mol. The van der Waals surface area contributed by atoms with E-state index in [1.54, 1.807) is 0 Å². The lowest BCUT2D eigenvalue weighted by Gasteiger charge is -2.21. The van der Waals surface area contributed by atoms with Gasteiger partial charge < -0.3 is 5.11 Å². The Kier molecular flexibility index (Phi) is 3.93. The van der Waals surface area contributed by atoms with Crippen LogP contribution in [0, 0.1) is 5.82 Å². The minimum absolute atomic E-state index is 0.0866. The second kappa shape index (κ2) is 5.18. The molecule has 0 bridgehead atoms. The summed E-state index contributed by atoms with van der Waals surface area (Å²) in [7, 11) is -3.94. The van der Waals surface area contributed by atoms with Gasteiger partial charge in [0.2, 0.25) is 10.0 Å². The molecule has 1 aliphatic heterocycles. The Morgan fingerprint density at radius 2 is 2.16 bits per heavy atom. The maximum Gasteiger partial charge on any atom is 0.322 e. The molecule has 0 amide bonds. The van der Waals surface area contributed by atoms with E-state index >= 15 is 0 Å². The van der Waals surface area contributed by atoms with Crippen LogP contribution in [0.1, 0.15) is 12.8 Å². The van der Waals surface area contributed by atoms with E-state index in [-0.39, 0.29) is 22.3 Å². The van der Waals surface area contributed by atoms with Crippen molar-refractivity contribution in [1.82, 2.24) is 4.31 Å². The third-order valence-electron chi connectivity index (χ3n) is 2.97. The highest BCUT2D eigenvalue weighted by Gasteiger charge is 2.40. The summed E-state index contributed by atoms with van der Waals surface area (Å²) < 4.78 is 38.8. The first-order valence-electron chi connectivity index (χ1n) is 5.54. The summed E-state index contributed by atoms with van der Waals surface area (Å²) in [5.74, 6) is -1.73. The molecule has 0 aliphatic carbocycles. The fourth-order valence-corrected chi connectivity index (χ4v) is 4.75. The molecule has 104 valence electrons. The predicted octanol–water partition coefficient (Wildman–Crippen LogP) is 1.83. The number of aliphatic carboxylic acids is 1. The van der Waals surface area contributed by atoms with Gasteiger partial charge in [-0.2, -0.15) is 4.31 Å². The number of hydrogen-bond acceptors (Lipinski definition) is 3. The summed E-state index contributed by atoms with van der Waals surface area (Å²) in [6.45, 7) is 0.156. The molecule has 1 aromatic rings. The molecule has 2 rings (SSSR count). The van der Waals surface area contributed by atoms with Crippen molar-refractivity contribution in [2.24, 2.45) is 0 Å². The van der Waals surface area contributed by atoms with E-state index in [1.165, 1.54) is 0 Å². The van der Waals surface area contributed by atoms with Gasteiger partial charge in [-0.05, 0) is 47.0 Å². The molecule has 1 atom stereocenters. The lowest BCUT2D eigenvalue weighted by atomic mass is 10.2. The van der Waals surface area contributed by atoms with Gasteiger partial charge in [0, 0.05) is 11.0 Å². The van der Waals surface area contributed by atoms with Crippen LogP contribution in [0.3, 0.4) is 0 Å². The summed E-state index contributed by atoms with van der Waals surface area (Å²) in [6, 6.07) is 2.15. The Bertz CT molecular complexity index is 619. The zero-order chi connectivity index (χ0) is 14.2. The summed E-state index contributed by atoms with van der Waals surface area (Å²) in [6.07, 6.45) is 0.780. The first-order chi connectivity index (χ1) is 8.84. The Labute approximate surface area is 118 Å². The van der Waals surface area contributed by atoms with Crippen LogP contribution in [0.2, 0.25) is 0 Å². The number of carboxylic acid groups (broad SMARTS) is 1. The summed E-state index contributed by atoms with van der Waals surface area (Å²) in [5.41, 5.74) is 0. The lowest BCUT2D eigenvalue weighted by Crippen LogP contribution is -2.40. The lowest BCUT2D eigenvalue weighted by molar-refractivity contribution is -0.140.